The molecule has 1 heterocycles. The lowest BCUT2D eigenvalue weighted by atomic mass is 10.2. The summed E-state index contributed by atoms with van der Waals surface area (Å²) in [5.41, 5.74) is 0.770. The molecule has 0 atom stereocenters. The van der Waals surface area contributed by atoms with Crippen LogP contribution in [-0.4, -0.2) is 16.8 Å². The fraction of sp³-hybridized carbons (Fsp3) is 0. The second-order valence-electron chi connectivity index (χ2n) is 4.66. The number of nitro groups is 1. The lowest BCUT2D eigenvalue weighted by Crippen LogP contribution is -2.07. The van der Waals surface area contributed by atoms with Crippen molar-refractivity contribution in [1.29, 1.82) is 0 Å². The Balaban J connectivity index is 1.99. The van der Waals surface area contributed by atoms with E-state index in [-0.39, 0.29) is 22.8 Å². The maximum atomic E-state index is 11.9. The van der Waals surface area contributed by atoms with Gasteiger partial charge in [0.25, 0.3) is 5.69 Å². The minimum absolute atomic E-state index is 0.0699. The number of aliphatic imine (C=N–C) groups is 1. The van der Waals surface area contributed by atoms with Gasteiger partial charge in [-0.1, -0.05) is 35.9 Å². The molecule has 114 valence electrons. The molecule has 1 aliphatic heterocycles. The second-order valence-corrected chi connectivity index (χ2v) is 5.10. The van der Waals surface area contributed by atoms with Crippen LogP contribution in [0.3, 0.4) is 0 Å². The summed E-state index contributed by atoms with van der Waals surface area (Å²) >= 11 is 5.80. The Morgan fingerprint density at radius 2 is 1.83 bits per heavy atom. The molecule has 23 heavy (non-hydrogen) atoms. The van der Waals surface area contributed by atoms with Gasteiger partial charge in [-0.15, -0.1) is 0 Å². The molecule has 2 aromatic rings. The first-order valence-corrected chi connectivity index (χ1v) is 6.94. The van der Waals surface area contributed by atoms with Crippen LogP contribution in [-0.2, 0) is 9.53 Å². The third kappa shape index (κ3) is 3.12. The molecule has 1 aliphatic rings. The second kappa shape index (κ2) is 6.02. The van der Waals surface area contributed by atoms with E-state index in [1.54, 1.807) is 30.3 Å². The van der Waals surface area contributed by atoms with Gasteiger partial charge in [0.15, 0.2) is 5.70 Å². The highest BCUT2D eigenvalue weighted by Crippen LogP contribution is 2.25. The van der Waals surface area contributed by atoms with Crippen LogP contribution < -0.4 is 0 Å². The van der Waals surface area contributed by atoms with Crippen LogP contribution in [0.25, 0.3) is 6.08 Å². The molecule has 2 aromatic carbocycles. The number of hydrogen-bond donors (Lipinski definition) is 0. The number of para-hydroxylation sites is 1. The third-order valence-corrected chi connectivity index (χ3v) is 3.38. The van der Waals surface area contributed by atoms with Crippen LogP contribution in [0.4, 0.5) is 5.69 Å². The molecule has 0 unspecified atom stereocenters. The molecule has 0 spiro atoms. The largest absolute Gasteiger partial charge is 0.402 e. The number of esters is 1. The van der Waals surface area contributed by atoms with Crippen LogP contribution >= 0.6 is 11.6 Å². The number of carbonyl (C=O) groups is 1. The van der Waals surface area contributed by atoms with E-state index < -0.39 is 10.9 Å². The Bertz CT molecular complexity index is 857. The van der Waals surface area contributed by atoms with E-state index >= 15 is 0 Å². The van der Waals surface area contributed by atoms with E-state index in [2.05, 4.69) is 4.99 Å². The van der Waals surface area contributed by atoms with Crippen molar-refractivity contribution in [1.82, 2.24) is 0 Å². The molecule has 0 saturated carbocycles. The molecule has 6 nitrogen and oxygen atoms in total. The molecule has 3 rings (SSSR count). The first-order chi connectivity index (χ1) is 11.0. The van der Waals surface area contributed by atoms with E-state index in [0.717, 1.165) is 0 Å². The van der Waals surface area contributed by atoms with Crippen molar-refractivity contribution < 1.29 is 14.5 Å². The zero-order chi connectivity index (χ0) is 16.4. The summed E-state index contributed by atoms with van der Waals surface area (Å²) < 4.78 is 5.06. The number of halogens is 1. The Kier molecular flexibility index (Phi) is 3.91. The number of cyclic esters (lactones) is 1. The molecule has 0 aliphatic carbocycles. The van der Waals surface area contributed by atoms with Crippen molar-refractivity contribution in [2.45, 2.75) is 0 Å². The zero-order valence-corrected chi connectivity index (χ0v) is 12.4. The molecule has 0 saturated heterocycles. The highest BCUT2D eigenvalue weighted by molar-refractivity contribution is 6.30. The van der Waals surface area contributed by atoms with E-state index in [1.807, 2.05) is 0 Å². The van der Waals surface area contributed by atoms with Gasteiger partial charge in [0.1, 0.15) is 5.56 Å². The normalized spacial score (nSPS) is 15.4. The van der Waals surface area contributed by atoms with Crippen LogP contribution in [0.2, 0.25) is 5.02 Å². The van der Waals surface area contributed by atoms with Crippen molar-refractivity contribution in [3.8, 4) is 0 Å². The predicted octanol–water partition coefficient (Wildman–Crippen LogP) is 3.59. The Morgan fingerprint density at radius 3 is 2.52 bits per heavy atom. The summed E-state index contributed by atoms with van der Waals surface area (Å²) in [5, 5.41) is 11.6. The molecule has 0 fully saturated rings. The van der Waals surface area contributed by atoms with Crippen molar-refractivity contribution in [2.75, 3.05) is 0 Å². The van der Waals surface area contributed by atoms with Crippen LogP contribution in [0.15, 0.2) is 59.2 Å². The lowest BCUT2D eigenvalue weighted by Gasteiger charge is -2.00. The maximum absolute atomic E-state index is 11.9. The highest BCUT2D eigenvalue weighted by Gasteiger charge is 2.28. The third-order valence-electron chi connectivity index (χ3n) is 3.13. The molecule has 0 radical (unpaired) electrons. The summed E-state index contributed by atoms with van der Waals surface area (Å²) in [4.78, 5) is 26.5. The monoisotopic (exact) mass is 328 g/mol. The number of hydrogen-bond acceptors (Lipinski definition) is 5. The Labute approximate surface area is 135 Å². The number of ether oxygens (including phenoxy) is 1. The molecule has 0 N–H and O–H groups in total. The van der Waals surface area contributed by atoms with E-state index in [1.165, 1.54) is 24.3 Å². The molecular formula is C16H9ClN2O4. The van der Waals surface area contributed by atoms with Gasteiger partial charge in [0.05, 0.1) is 4.92 Å². The Morgan fingerprint density at radius 1 is 1.13 bits per heavy atom. The van der Waals surface area contributed by atoms with Gasteiger partial charge in [-0.3, -0.25) is 10.1 Å². The van der Waals surface area contributed by atoms with Gasteiger partial charge in [-0.05, 0) is 29.8 Å². The first-order valence-electron chi connectivity index (χ1n) is 6.56. The van der Waals surface area contributed by atoms with Crippen molar-refractivity contribution in [3.05, 3.63) is 80.5 Å². The standard InChI is InChI=1S/C16H9ClN2O4/c17-11-7-5-10(6-8-11)9-13-16(20)23-15(18-13)12-3-1-2-4-14(12)19(21)22/h1-9H/b13-9+. The fourth-order valence-corrected chi connectivity index (χ4v) is 2.18. The average Bonchev–Trinajstić information content (AvgIpc) is 2.90. The van der Waals surface area contributed by atoms with Gasteiger partial charge in [0, 0.05) is 11.1 Å². The van der Waals surface area contributed by atoms with E-state index in [9.17, 15) is 14.9 Å². The van der Waals surface area contributed by atoms with Gasteiger partial charge in [-0.2, -0.15) is 0 Å². The molecule has 0 bridgehead atoms. The fourth-order valence-electron chi connectivity index (χ4n) is 2.05. The number of carbonyl (C=O) groups excluding carboxylic acids is 1. The first kappa shape index (κ1) is 14.9. The van der Waals surface area contributed by atoms with Crippen LogP contribution in [0, 0.1) is 10.1 Å². The maximum Gasteiger partial charge on any atom is 0.363 e. The smallest absolute Gasteiger partial charge is 0.363 e. The summed E-state index contributed by atoms with van der Waals surface area (Å²) in [5.74, 6) is -0.740. The number of nitro benzene ring substituents is 1. The predicted molar refractivity (Wildman–Crippen MR) is 85.2 cm³/mol. The average molecular weight is 329 g/mol. The number of nitrogens with zero attached hydrogens (tertiary/aromatic N) is 2. The topological polar surface area (TPSA) is 81.8 Å². The van der Waals surface area contributed by atoms with Crippen molar-refractivity contribution in [3.63, 3.8) is 0 Å². The van der Waals surface area contributed by atoms with Crippen molar-refractivity contribution >= 4 is 35.2 Å². The lowest BCUT2D eigenvalue weighted by molar-refractivity contribution is -0.385. The minimum atomic E-state index is -0.659. The Hall–Kier alpha value is -2.99. The minimum Gasteiger partial charge on any atom is -0.402 e. The summed E-state index contributed by atoms with van der Waals surface area (Å²) in [6.07, 6.45) is 1.53. The highest BCUT2D eigenvalue weighted by atomic mass is 35.5. The molecule has 0 amide bonds. The summed E-state index contributed by atoms with van der Waals surface area (Å²) in [6, 6.07) is 12.8. The van der Waals surface area contributed by atoms with E-state index in [4.69, 9.17) is 16.3 Å². The number of benzene rings is 2. The van der Waals surface area contributed by atoms with Gasteiger partial charge in [0.2, 0.25) is 5.90 Å². The summed E-state index contributed by atoms with van der Waals surface area (Å²) in [6.45, 7) is 0. The van der Waals surface area contributed by atoms with Gasteiger partial charge in [-0.25, -0.2) is 9.79 Å². The van der Waals surface area contributed by atoms with Gasteiger partial charge < -0.3 is 4.74 Å². The molecule has 7 heteroatoms. The number of rotatable bonds is 3. The zero-order valence-electron chi connectivity index (χ0n) is 11.6. The molecule has 0 aromatic heterocycles. The van der Waals surface area contributed by atoms with Crippen LogP contribution in [0.1, 0.15) is 11.1 Å². The van der Waals surface area contributed by atoms with Crippen molar-refractivity contribution in [2.24, 2.45) is 4.99 Å². The molecular weight excluding hydrogens is 320 g/mol. The van der Waals surface area contributed by atoms with Crippen LogP contribution in [0.5, 0.6) is 0 Å². The summed E-state index contributed by atoms with van der Waals surface area (Å²) in [7, 11) is 0. The SMILES string of the molecule is O=C1OC(c2ccccc2[N+](=O)[O-])=N/C1=C/c1ccc(Cl)cc1. The quantitative estimate of drug-likeness (QED) is 0.373. The van der Waals surface area contributed by atoms with Gasteiger partial charge >= 0.3 is 5.97 Å². The van der Waals surface area contributed by atoms with E-state index in [0.29, 0.717) is 10.6 Å².